The number of hydrogen-bond donors (Lipinski definition) is 4. The van der Waals surface area contributed by atoms with E-state index in [4.69, 9.17) is 22.9 Å². The van der Waals surface area contributed by atoms with Crippen LogP contribution in [0.15, 0.2) is 41.1 Å². The van der Waals surface area contributed by atoms with Gasteiger partial charge in [0.1, 0.15) is 0 Å². The number of anilines is 2. The second-order valence-electron chi connectivity index (χ2n) is 5.48. The number of hydrogen-bond acceptors (Lipinski definition) is 4. The summed E-state index contributed by atoms with van der Waals surface area (Å²) in [4.78, 5) is 0. The molecule has 0 heterocycles. The third-order valence-corrected chi connectivity index (χ3v) is 4.19. The average Bonchev–Trinajstić information content (AvgIpc) is 2.34. The minimum Gasteiger partial charge on any atom is -0.401 e. The van der Waals surface area contributed by atoms with Crippen LogP contribution in [-0.2, 0) is 5.41 Å². The maximum atomic E-state index is 6.39. The SMILES string of the molecule is CC1=CC(C)=C(N)C(C)(c2c(N)cccc2N)C1N. The van der Waals surface area contributed by atoms with Crippen LogP contribution in [0, 0.1) is 0 Å². The summed E-state index contributed by atoms with van der Waals surface area (Å²) in [6.07, 6.45) is 2.02. The Morgan fingerprint density at radius 1 is 1.05 bits per heavy atom. The van der Waals surface area contributed by atoms with E-state index in [9.17, 15) is 0 Å². The topological polar surface area (TPSA) is 104 Å². The Kier molecular flexibility index (Phi) is 3.06. The number of rotatable bonds is 1. The molecule has 0 spiro atoms. The highest BCUT2D eigenvalue weighted by atomic mass is 14.8. The molecule has 4 heteroatoms. The van der Waals surface area contributed by atoms with E-state index in [0.717, 1.165) is 22.4 Å². The Balaban J connectivity index is 2.75. The monoisotopic (exact) mass is 258 g/mol. The molecule has 2 rings (SSSR count). The van der Waals surface area contributed by atoms with E-state index in [1.54, 1.807) is 0 Å². The molecule has 0 fully saturated rings. The van der Waals surface area contributed by atoms with Crippen molar-refractivity contribution in [3.8, 4) is 0 Å². The Bertz CT molecular complexity index is 566. The third-order valence-electron chi connectivity index (χ3n) is 4.19. The lowest BCUT2D eigenvalue weighted by Gasteiger charge is -2.42. The maximum absolute atomic E-state index is 6.39. The van der Waals surface area contributed by atoms with Crippen molar-refractivity contribution in [1.29, 1.82) is 0 Å². The Labute approximate surface area is 114 Å². The lowest BCUT2D eigenvalue weighted by molar-refractivity contribution is 0.464. The molecule has 0 radical (unpaired) electrons. The number of allylic oxidation sites excluding steroid dienone is 2. The van der Waals surface area contributed by atoms with Gasteiger partial charge >= 0.3 is 0 Å². The van der Waals surface area contributed by atoms with Crippen LogP contribution >= 0.6 is 0 Å². The molecule has 2 atom stereocenters. The van der Waals surface area contributed by atoms with Crippen molar-refractivity contribution in [1.82, 2.24) is 0 Å². The van der Waals surface area contributed by atoms with Crippen molar-refractivity contribution in [2.45, 2.75) is 32.2 Å². The smallest absolute Gasteiger partial charge is 0.0552 e. The van der Waals surface area contributed by atoms with Crippen LogP contribution in [-0.4, -0.2) is 6.04 Å². The summed E-state index contributed by atoms with van der Waals surface area (Å²) in [5, 5.41) is 0. The third kappa shape index (κ3) is 1.79. The zero-order valence-electron chi connectivity index (χ0n) is 11.7. The molecule has 4 nitrogen and oxygen atoms in total. The van der Waals surface area contributed by atoms with Gasteiger partial charge in [-0.2, -0.15) is 0 Å². The fourth-order valence-corrected chi connectivity index (χ4v) is 3.02. The molecule has 1 aromatic carbocycles. The van der Waals surface area contributed by atoms with Crippen molar-refractivity contribution in [3.63, 3.8) is 0 Å². The Morgan fingerprint density at radius 2 is 1.58 bits per heavy atom. The highest BCUT2D eigenvalue weighted by molar-refractivity contribution is 5.69. The molecular formula is C15H22N4. The molecule has 1 aromatic rings. The van der Waals surface area contributed by atoms with Crippen molar-refractivity contribution >= 4 is 11.4 Å². The van der Waals surface area contributed by atoms with Gasteiger partial charge in [0, 0.05) is 28.7 Å². The summed E-state index contributed by atoms with van der Waals surface area (Å²) >= 11 is 0. The highest BCUT2D eigenvalue weighted by Crippen LogP contribution is 2.44. The van der Waals surface area contributed by atoms with E-state index in [1.165, 1.54) is 0 Å². The van der Waals surface area contributed by atoms with Crippen molar-refractivity contribution < 1.29 is 0 Å². The second kappa shape index (κ2) is 4.31. The van der Waals surface area contributed by atoms with E-state index >= 15 is 0 Å². The van der Waals surface area contributed by atoms with Gasteiger partial charge in [0.15, 0.2) is 0 Å². The Hall–Kier alpha value is -1.94. The molecule has 8 N–H and O–H groups in total. The lowest BCUT2D eigenvalue weighted by Crippen LogP contribution is -2.50. The van der Waals surface area contributed by atoms with Gasteiger partial charge in [-0.3, -0.25) is 0 Å². The molecular weight excluding hydrogens is 236 g/mol. The number of benzene rings is 1. The van der Waals surface area contributed by atoms with Gasteiger partial charge in [0.05, 0.1) is 5.41 Å². The molecule has 19 heavy (non-hydrogen) atoms. The average molecular weight is 258 g/mol. The van der Waals surface area contributed by atoms with Gasteiger partial charge < -0.3 is 22.9 Å². The van der Waals surface area contributed by atoms with E-state index in [0.29, 0.717) is 11.4 Å². The molecule has 0 saturated carbocycles. The molecule has 0 aliphatic heterocycles. The fraction of sp³-hybridized carbons (Fsp3) is 0.333. The van der Waals surface area contributed by atoms with E-state index in [1.807, 2.05) is 45.0 Å². The quantitative estimate of drug-likeness (QED) is 0.575. The van der Waals surface area contributed by atoms with Gasteiger partial charge in [-0.1, -0.05) is 17.7 Å². The maximum Gasteiger partial charge on any atom is 0.0552 e. The predicted octanol–water partition coefficient (Wildman–Crippen LogP) is 1.63. The molecule has 1 aliphatic rings. The summed E-state index contributed by atoms with van der Waals surface area (Å²) in [6, 6.07) is 5.27. The van der Waals surface area contributed by atoms with Crippen LogP contribution in [0.3, 0.4) is 0 Å². The van der Waals surface area contributed by atoms with Gasteiger partial charge in [-0.25, -0.2) is 0 Å². The summed E-state index contributed by atoms with van der Waals surface area (Å²) in [5.41, 5.74) is 29.3. The van der Waals surface area contributed by atoms with E-state index in [-0.39, 0.29) is 6.04 Å². The predicted molar refractivity (Wildman–Crippen MR) is 81.2 cm³/mol. The molecule has 1 aliphatic carbocycles. The molecule has 2 unspecified atom stereocenters. The minimum absolute atomic E-state index is 0.233. The van der Waals surface area contributed by atoms with E-state index in [2.05, 4.69) is 0 Å². The second-order valence-corrected chi connectivity index (χ2v) is 5.48. The van der Waals surface area contributed by atoms with Gasteiger partial charge in [-0.15, -0.1) is 0 Å². The molecule has 102 valence electrons. The van der Waals surface area contributed by atoms with Crippen molar-refractivity contribution in [2.24, 2.45) is 11.5 Å². The molecule has 0 saturated heterocycles. The van der Waals surface area contributed by atoms with Crippen LogP contribution in [0.25, 0.3) is 0 Å². The van der Waals surface area contributed by atoms with Crippen molar-refractivity contribution in [2.75, 3.05) is 11.5 Å². The van der Waals surface area contributed by atoms with Crippen LogP contribution in [0.5, 0.6) is 0 Å². The van der Waals surface area contributed by atoms with Crippen LogP contribution < -0.4 is 22.9 Å². The first kappa shape index (κ1) is 13.5. The lowest BCUT2D eigenvalue weighted by atomic mass is 9.66. The summed E-state index contributed by atoms with van der Waals surface area (Å²) in [6.45, 7) is 6.00. The van der Waals surface area contributed by atoms with E-state index < -0.39 is 5.41 Å². The summed E-state index contributed by atoms with van der Waals surface area (Å²) in [7, 11) is 0. The van der Waals surface area contributed by atoms with Gasteiger partial charge in [-0.05, 0) is 38.5 Å². The largest absolute Gasteiger partial charge is 0.401 e. The first-order valence-electron chi connectivity index (χ1n) is 6.35. The Morgan fingerprint density at radius 3 is 2.11 bits per heavy atom. The number of nitrogens with two attached hydrogens (primary N) is 4. The molecule has 0 aromatic heterocycles. The van der Waals surface area contributed by atoms with Crippen LogP contribution in [0.1, 0.15) is 26.3 Å². The fourth-order valence-electron chi connectivity index (χ4n) is 3.02. The summed E-state index contributed by atoms with van der Waals surface area (Å²) in [5.74, 6) is 0. The molecule has 0 bridgehead atoms. The minimum atomic E-state index is -0.571. The zero-order chi connectivity index (χ0) is 14.4. The highest BCUT2D eigenvalue weighted by Gasteiger charge is 2.42. The normalized spacial score (nSPS) is 27.4. The first-order valence-corrected chi connectivity index (χ1v) is 6.35. The van der Waals surface area contributed by atoms with Crippen molar-refractivity contribution in [3.05, 3.63) is 46.7 Å². The van der Waals surface area contributed by atoms with Crippen LogP contribution in [0.4, 0.5) is 11.4 Å². The van der Waals surface area contributed by atoms with Gasteiger partial charge in [0.25, 0.3) is 0 Å². The zero-order valence-corrected chi connectivity index (χ0v) is 11.7. The van der Waals surface area contributed by atoms with Crippen LogP contribution in [0.2, 0.25) is 0 Å². The van der Waals surface area contributed by atoms with Gasteiger partial charge in [0.2, 0.25) is 0 Å². The standard InChI is InChI=1S/C15H22N4/c1-8-7-9(2)14(19)15(3,13(8)18)12-10(16)5-4-6-11(12)17/h4-7,13H,16-19H2,1-3H3. The molecule has 0 amide bonds. The first-order chi connectivity index (χ1) is 8.80. The number of nitrogen functional groups attached to an aromatic ring is 2. The summed E-state index contributed by atoms with van der Waals surface area (Å²) < 4.78 is 0.